The number of nitrogens with two attached hydrogens (primary N) is 3. The molecule has 1 amide bonds. The fourth-order valence-electron chi connectivity index (χ4n) is 3.58. The third-order valence-electron chi connectivity index (χ3n) is 4.81. The summed E-state index contributed by atoms with van der Waals surface area (Å²) in [6.07, 6.45) is 8.95. The van der Waals surface area contributed by atoms with Gasteiger partial charge in [0.25, 0.3) is 0 Å². The van der Waals surface area contributed by atoms with E-state index in [0.717, 1.165) is 19.3 Å². The fraction of sp³-hybridized carbons (Fsp3) is 0.500. The molecule has 0 fully saturated rings. The van der Waals surface area contributed by atoms with Gasteiger partial charge in [0.15, 0.2) is 0 Å². The number of carbonyl (C=O) groups is 1. The highest BCUT2D eigenvalue weighted by molar-refractivity contribution is 5.92. The molecular weight excluding hydrogens is 274 g/mol. The van der Waals surface area contributed by atoms with Gasteiger partial charge >= 0.3 is 0 Å². The minimum atomic E-state index is -0.356. The molecule has 0 aliphatic heterocycles. The molecule has 4 atom stereocenters. The molecule has 0 radical (unpaired) electrons. The quantitative estimate of drug-likeness (QED) is 0.742. The lowest BCUT2D eigenvalue weighted by Gasteiger charge is -2.33. The van der Waals surface area contributed by atoms with Gasteiger partial charge in [-0.15, -0.1) is 0 Å². The number of primary amides is 1. The second kappa shape index (κ2) is 6.53. The molecule has 0 aromatic carbocycles. The molecule has 22 heavy (non-hydrogen) atoms. The van der Waals surface area contributed by atoms with E-state index in [-0.39, 0.29) is 23.8 Å². The molecule has 2 rings (SSSR count). The zero-order chi connectivity index (χ0) is 16.4. The van der Waals surface area contributed by atoms with E-state index in [4.69, 9.17) is 17.2 Å². The zero-order valence-electron chi connectivity index (χ0n) is 13.5. The van der Waals surface area contributed by atoms with Crippen molar-refractivity contribution in [2.45, 2.75) is 39.2 Å². The number of amides is 1. The average molecular weight is 301 g/mol. The van der Waals surface area contributed by atoms with Crippen LogP contribution < -0.4 is 17.2 Å². The molecule has 2 aliphatic carbocycles. The van der Waals surface area contributed by atoms with Gasteiger partial charge in [0.1, 0.15) is 0 Å². The first-order valence-corrected chi connectivity index (χ1v) is 7.87. The Balaban J connectivity index is 2.18. The second-order valence-corrected chi connectivity index (χ2v) is 6.76. The maximum atomic E-state index is 11.6. The monoisotopic (exact) mass is 301 g/mol. The van der Waals surface area contributed by atoms with Crippen LogP contribution >= 0.6 is 0 Å². The lowest BCUT2D eigenvalue weighted by molar-refractivity contribution is -0.115. The zero-order valence-corrected chi connectivity index (χ0v) is 13.5. The van der Waals surface area contributed by atoms with Crippen LogP contribution in [0.15, 0.2) is 47.2 Å². The lowest BCUT2D eigenvalue weighted by atomic mass is 9.73. The summed E-state index contributed by atoms with van der Waals surface area (Å²) in [7, 11) is 0. The van der Waals surface area contributed by atoms with Gasteiger partial charge in [-0.3, -0.25) is 4.79 Å². The first kappa shape index (κ1) is 16.6. The normalized spacial score (nSPS) is 31.9. The molecule has 3 unspecified atom stereocenters. The molecule has 0 saturated heterocycles. The van der Waals surface area contributed by atoms with Crippen molar-refractivity contribution in [1.29, 1.82) is 0 Å². The minimum Gasteiger partial charge on any atom is -0.402 e. The highest BCUT2D eigenvalue weighted by Gasteiger charge is 2.31. The SMILES string of the molecule is C=C(N)C1C=C(CC2CC(N)C=C(C(N)=O)[C@H]2C)C=C(C)C1. The lowest BCUT2D eigenvalue weighted by Crippen LogP contribution is -2.35. The van der Waals surface area contributed by atoms with Crippen molar-refractivity contribution in [3.63, 3.8) is 0 Å². The third-order valence-corrected chi connectivity index (χ3v) is 4.81. The Morgan fingerprint density at radius 2 is 2.05 bits per heavy atom. The van der Waals surface area contributed by atoms with Gasteiger partial charge in [0, 0.05) is 23.2 Å². The molecule has 2 aliphatic rings. The molecule has 4 heteroatoms. The van der Waals surface area contributed by atoms with Crippen LogP contribution in [0.25, 0.3) is 0 Å². The second-order valence-electron chi connectivity index (χ2n) is 6.76. The molecule has 0 spiro atoms. The van der Waals surface area contributed by atoms with Crippen LogP contribution in [0.2, 0.25) is 0 Å². The molecule has 4 nitrogen and oxygen atoms in total. The Morgan fingerprint density at radius 3 is 2.64 bits per heavy atom. The van der Waals surface area contributed by atoms with E-state index in [1.54, 1.807) is 0 Å². The fourth-order valence-corrected chi connectivity index (χ4v) is 3.58. The molecule has 120 valence electrons. The number of rotatable bonds is 4. The number of carbonyl (C=O) groups excluding carboxylic acids is 1. The average Bonchev–Trinajstić information content (AvgIpc) is 2.41. The van der Waals surface area contributed by atoms with Crippen molar-refractivity contribution in [2.24, 2.45) is 35.0 Å². The van der Waals surface area contributed by atoms with E-state index in [0.29, 0.717) is 17.2 Å². The molecule has 0 bridgehead atoms. The van der Waals surface area contributed by atoms with Crippen LogP contribution in [0.4, 0.5) is 0 Å². The van der Waals surface area contributed by atoms with Crippen molar-refractivity contribution in [2.75, 3.05) is 0 Å². The Hall–Kier alpha value is -1.81. The summed E-state index contributed by atoms with van der Waals surface area (Å²) in [6.45, 7) is 8.05. The Kier molecular flexibility index (Phi) is 4.91. The first-order valence-electron chi connectivity index (χ1n) is 7.87. The van der Waals surface area contributed by atoms with Crippen molar-refractivity contribution in [1.82, 2.24) is 0 Å². The topological polar surface area (TPSA) is 95.1 Å². The van der Waals surface area contributed by atoms with Crippen molar-refractivity contribution in [3.05, 3.63) is 47.2 Å². The summed E-state index contributed by atoms with van der Waals surface area (Å²) in [5, 5.41) is 0. The van der Waals surface area contributed by atoms with E-state index >= 15 is 0 Å². The largest absolute Gasteiger partial charge is 0.402 e. The number of hydrogen-bond acceptors (Lipinski definition) is 3. The van der Waals surface area contributed by atoms with Gasteiger partial charge in [0.2, 0.25) is 5.91 Å². The summed E-state index contributed by atoms with van der Waals surface area (Å²) < 4.78 is 0. The highest BCUT2D eigenvalue weighted by Crippen LogP contribution is 2.37. The third kappa shape index (κ3) is 3.69. The van der Waals surface area contributed by atoms with Crippen molar-refractivity contribution >= 4 is 5.91 Å². The van der Waals surface area contributed by atoms with Gasteiger partial charge in [0.05, 0.1) is 0 Å². The molecule has 0 saturated carbocycles. The molecule has 6 N–H and O–H groups in total. The van der Waals surface area contributed by atoms with Crippen LogP contribution in [0.3, 0.4) is 0 Å². The number of allylic oxidation sites excluding steroid dienone is 4. The minimum absolute atomic E-state index is 0.0989. The van der Waals surface area contributed by atoms with Gasteiger partial charge in [-0.2, -0.15) is 0 Å². The van der Waals surface area contributed by atoms with E-state index in [1.807, 2.05) is 6.08 Å². The molecule has 0 aromatic heterocycles. The predicted molar refractivity (Wildman–Crippen MR) is 90.4 cm³/mol. The summed E-state index contributed by atoms with van der Waals surface area (Å²) >= 11 is 0. The first-order chi connectivity index (χ1) is 10.3. The summed E-state index contributed by atoms with van der Waals surface area (Å²) in [4.78, 5) is 11.6. The highest BCUT2D eigenvalue weighted by atomic mass is 16.1. The Morgan fingerprint density at radius 1 is 1.36 bits per heavy atom. The summed E-state index contributed by atoms with van der Waals surface area (Å²) in [5.41, 5.74) is 21.4. The van der Waals surface area contributed by atoms with Crippen LogP contribution in [-0.4, -0.2) is 11.9 Å². The van der Waals surface area contributed by atoms with E-state index in [1.165, 1.54) is 11.1 Å². The summed E-state index contributed by atoms with van der Waals surface area (Å²) in [6, 6.07) is -0.0989. The number of hydrogen-bond donors (Lipinski definition) is 3. The van der Waals surface area contributed by atoms with E-state index in [9.17, 15) is 4.79 Å². The standard InChI is InChI=1S/C18H27N3O/c1-10-4-13(7-15(5-10)12(3)19)6-14-8-16(20)9-17(11(14)2)18(21)22/h4,7,9,11,14-16H,3,5-6,8,19-20H2,1-2H3,(H2,21,22)/t11-,14?,15?,16?/m0/s1. The molecule has 0 aromatic rings. The van der Waals surface area contributed by atoms with Crippen LogP contribution in [0.1, 0.15) is 33.1 Å². The van der Waals surface area contributed by atoms with Gasteiger partial charge in [-0.25, -0.2) is 0 Å². The van der Waals surface area contributed by atoms with Gasteiger partial charge in [-0.1, -0.05) is 42.9 Å². The van der Waals surface area contributed by atoms with Gasteiger partial charge < -0.3 is 17.2 Å². The van der Waals surface area contributed by atoms with Crippen LogP contribution in [-0.2, 0) is 4.79 Å². The van der Waals surface area contributed by atoms with E-state index < -0.39 is 0 Å². The summed E-state index contributed by atoms with van der Waals surface area (Å²) in [5.74, 6) is 0.305. The van der Waals surface area contributed by atoms with Crippen molar-refractivity contribution < 1.29 is 4.79 Å². The molecule has 0 heterocycles. The smallest absolute Gasteiger partial charge is 0.244 e. The maximum Gasteiger partial charge on any atom is 0.244 e. The van der Waals surface area contributed by atoms with E-state index in [2.05, 4.69) is 32.6 Å². The van der Waals surface area contributed by atoms with Crippen molar-refractivity contribution in [3.8, 4) is 0 Å². The van der Waals surface area contributed by atoms with Crippen LogP contribution in [0, 0.1) is 17.8 Å². The van der Waals surface area contributed by atoms with Gasteiger partial charge in [-0.05, 0) is 38.0 Å². The predicted octanol–water partition coefficient (Wildman–Crippen LogP) is 2.14. The molecular formula is C18H27N3O. The van der Waals surface area contributed by atoms with Crippen LogP contribution in [0.5, 0.6) is 0 Å². The Bertz CT molecular complexity index is 571. The Labute approximate surface area is 132 Å². The maximum absolute atomic E-state index is 11.6.